The fraction of sp³-hybridized carbons (Fsp3) is 0.263. The highest BCUT2D eigenvalue weighted by molar-refractivity contribution is 7.99. The molecule has 0 unspecified atom stereocenters. The van der Waals surface area contributed by atoms with E-state index in [4.69, 9.17) is 9.47 Å². The van der Waals surface area contributed by atoms with Crippen LogP contribution in [0.3, 0.4) is 0 Å². The van der Waals surface area contributed by atoms with Crippen LogP contribution in [0.2, 0.25) is 0 Å². The van der Waals surface area contributed by atoms with Gasteiger partial charge in [-0.1, -0.05) is 29.5 Å². The molecule has 3 rings (SSSR count). The molecule has 0 spiro atoms. The number of methoxy groups -OCH3 is 1. The first-order valence-corrected chi connectivity index (χ1v) is 9.04. The topological polar surface area (TPSA) is 49.2 Å². The number of nitrogens with zero attached hydrogens (tertiary/aromatic N) is 3. The van der Waals surface area contributed by atoms with Crippen LogP contribution in [0.4, 0.5) is 0 Å². The Morgan fingerprint density at radius 1 is 0.920 bits per heavy atom. The van der Waals surface area contributed by atoms with Gasteiger partial charge in [-0.3, -0.25) is 4.57 Å². The second kappa shape index (κ2) is 8.07. The van der Waals surface area contributed by atoms with Crippen LogP contribution in [0, 0.1) is 13.8 Å². The highest BCUT2D eigenvalue weighted by Crippen LogP contribution is 2.23. The molecule has 0 bridgehead atoms. The molecule has 0 N–H and O–H groups in total. The van der Waals surface area contributed by atoms with Crippen LogP contribution in [0.1, 0.15) is 11.4 Å². The van der Waals surface area contributed by atoms with Crippen molar-refractivity contribution in [1.82, 2.24) is 14.8 Å². The zero-order chi connectivity index (χ0) is 17.6. The molecule has 0 aliphatic carbocycles. The van der Waals surface area contributed by atoms with Gasteiger partial charge in [-0.15, -0.1) is 10.2 Å². The molecule has 6 heteroatoms. The summed E-state index contributed by atoms with van der Waals surface area (Å²) in [6.45, 7) is 4.64. The molecule has 25 heavy (non-hydrogen) atoms. The Hall–Kier alpha value is -2.47. The number of thioether (sulfide) groups is 1. The second-order valence-corrected chi connectivity index (χ2v) is 6.64. The second-order valence-electron chi connectivity index (χ2n) is 5.57. The van der Waals surface area contributed by atoms with Gasteiger partial charge in [0, 0.05) is 11.4 Å². The molecule has 3 aromatic rings. The molecule has 2 aromatic carbocycles. The zero-order valence-corrected chi connectivity index (χ0v) is 15.4. The summed E-state index contributed by atoms with van der Waals surface area (Å²) in [5.41, 5.74) is 2.31. The molecular formula is C19H21N3O2S. The minimum Gasteiger partial charge on any atom is -0.497 e. The third-order valence-corrected chi connectivity index (χ3v) is 4.62. The van der Waals surface area contributed by atoms with Crippen LogP contribution >= 0.6 is 11.8 Å². The van der Waals surface area contributed by atoms with Crippen LogP contribution in [0.5, 0.6) is 11.5 Å². The standard InChI is InChI=1S/C19H21N3O2S/c1-14-4-6-16(7-5-14)22-15(2)20-21-19(22)25-13-12-24-18-10-8-17(23-3)9-11-18/h4-11H,12-13H2,1-3H3. The van der Waals surface area contributed by atoms with Crippen LogP contribution in [0.15, 0.2) is 53.7 Å². The van der Waals surface area contributed by atoms with Gasteiger partial charge < -0.3 is 9.47 Å². The van der Waals surface area contributed by atoms with Crippen LogP contribution in [-0.2, 0) is 0 Å². The number of hydrogen-bond donors (Lipinski definition) is 0. The Kier molecular flexibility index (Phi) is 5.60. The molecule has 1 heterocycles. The van der Waals surface area contributed by atoms with Crippen molar-refractivity contribution < 1.29 is 9.47 Å². The smallest absolute Gasteiger partial charge is 0.195 e. The summed E-state index contributed by atoms with van der Waals surface area (Å²) in [5.74, 6) is 3.32. The Bertz CT molecular complexity index is 814. The van der Waals surface area contributed by atoms with Crippen molar-refractivity contribution in [2.75, 3.05) is 19.5 Å². The van der Waals surface area contributed by atoms with E-state index >= 15 is 0 Å². The van der Waals surface area contributed by atoms with Gasteiger partial charge in [0.25, 0.3) is 0 Å². The molecule has 0 aliphatic heterocycles. The predicted octanol–water partition coefficient (Wildman–Crippen LogP) is 4.06. The monoisotopic (exact) mass is 355 g/mol. The van der Waals surface area contributed by atoms with E-state index in [-0.39, 0.29) is 0 Å². The van der Waals surface area contributed by atoms with Crippen molar-refractivity contribution in [3.63, 3.8) is 0 Å². The molecule has 0 saturated heterocycles. The molecule has 130 valence electrons. The molecule has 0 atom stereocenters. The van der Waals surface area contributed by atoms with Crippen molar-refractivity contribution in [3.05, 3.63) is 59.9 Å². The van der Waals surface area contributed by atoms with Crippen molar-refractivity contribution >= 4 is 11.8 Å². The van der Waals surface area contributed by atoms with E-state index in [1.807, 2.05) is 31.2 Å². The van der Waals surface area contributed by atoms with Crippen LogP contribution < -0.4 is 9.47 Å². The fourth-order valence-corrected chi connectivity index (χ4v) is 3.21. The van der Waals surface area contributed by atoms with Crippen molar-refractivity contribution in [3.8, 4) is 17.2 Å². The highest BCUT2D eigenvalue weighted by atomic mass is 32.2. The van der Waals surface area contributed by atoms with Crippen LogP contribution in [-0.4, -0.2) is 34.2 Å². The molecule has 5 nitrogen and oxygen atoms in total. The first-order valence-electron chi connectivity index (χ1n) is 8.06. The van der Waals surface area contributed by atoms with Gasteiger partial charge >= 0.3 is 0 Å². The van der Waals surface area contributed by atoms with E-state index in [0.29, 0.717) is 6.61 Å². The largest absolute Gasteiger partial charge is 0.497 e. The van der Waals surface area contributed by atoms with Gasteiger partial charge in [0.05, 0.1) is 13.7 Å². The predicted molar refractivity (Wildman–Crippen MR) is 100 cm³/mol. The lowest BCUT2D eigenvalue weighted by molar-refractivity contribution is 0.342. The summed E-state index contributed by atoms with van der Waals surface area (Å²) in [6.07, 6.45) is 0. The lowest BCUT2D eigenvalue weighted by Crippen LogP contribution is -2.03. The summed E-state index contributed by atoms with van der Waals surface area (Å²) in [6, 6.07) is 15.9. The number of aromatic nitrogens is 3. The molecule has 0 aliphatic rings. The maximum atomic E-state index is 5.76. The normalized spacial score (nSPS) is 10.7. The summed E-state index contributed by atoms with van der Waals surface area (Å²) in [5, 5.41) is 9.37. The first-order chi connectivity index (χ1) is 12.2. The Morgan fingerprint density at radius 3 is 2.28 bits per heavy atom. The van der Waals surface area contributed by atoms with E-state index in [1.54, 1.807) is 18.9 Å². The van der Waals surface area contributed by atoms with Crippen LogP contribution in [0.25, 0.3) is 5.69 Å². The number of benzene rings is 2. The average molecular weight is 355 g/mol. The maximum Gasteiger partial charge on any atom is 0.195 e. The summed E-state index contributed by atoms with van der Waals surface area (Å²) in [4.78, 5) is 0. The van der Waals surface area contributed by atoms with E-state index in [2.05, 4.69) is 46.0 Å². The van der Waals surface area contributed by atoms with Gasteiger partial charge in [0.15, 0.2) is 5.16 Å². The SMILES string of the molecule is COc1ccc(OCCSc2nnc(C)n2-c2ccc(C)cc2)cc1. The maximum absolute atomic E-state index is 5.76. The lowest BCUT2D eigenvalue weighted by Gasteiger charge is -2.09. The molecule has 0 fully saturated rings. The van der Waals surface area contributed by atoms with E-state index in [0.717, 1.165) is 33.9 Å². The first kappa shape index (κ1) is 17.4. The number of hydrogen-bond acceptors (Lipinski definition) is 5. The minimum atomic E-state index is 0.594. The van der Waals surface area contributed by atoms with Crippen molar-refractivity contribution in [2.45, 2.75) is 19.0 Å². The number of ether oxygens (including phenoxy) is 2. The van der Waals surface area contributed by atoms with Gasteiger partial charge in [0.1, 0.15) is 17.3 Å². The molecule has 0 radical (unpaired) electrons. The molecule has 0 saturated carbocycles. The number of rotatable bonds is 7. The zero-order valence-electron chi connectivity index (χ0n) is 14.6. The van der Waals surface area contributed by atoms with E-state index in [9.17, 15) is 0 Å². The van der Waals surface area contributed by atoms with E-state index < -0.39 is 0 Å². The van der Waals surface area contributed by atoms with Gasteiger partial charge in [-0.2, -0.15) is 0 Å². The van der Waals surface area contributed by atoms with Gasteiger partial charge in [0.2, 0.25) is 0 Å². The Balaban J connectivity index is 1.59. The summed E-state index contributed by atoms with van der Waals surface area (Å²) < 4.78 is 13.0. The lowest BCUT2D eigenvalue weighted by atomic mass is 10.2. The fourth-order valence-electron chi connectivity index (χ4n) is 2.39. The third-order valence-electron chi connectivity index (χ3n) is 3.73. The molecule has 0 amide bonds. The molecular weight excluding hydrogens is 334 g/mol. The highest BCUT2D eigenvalue weighted by Gasteiger charge is 2.11. The third kappa shape index (κ3) is 4.33. The minimum absolute atomic E-state index is 0.594. The number of aryl methyl sites for hydroxylation is 2. The quantitative estimate of drug-likeness (QED) is 0.472. The summed E-state index contributed by atoms with van der Waals surface area (Å²) >= 11 is 1.63. The average Bonchev–Trinajstić information content (AvgIpc) is 3.00. The Morgan fingerprint density at radius 2 is 1.60 bits per heavy atom. The summed E-state index contributed by atoms with van der Waals surface area (Å²) in [7, 11) is 1.65. The van der Waals surface area contributed by atoms with Gasteiger partial charge in [-0.05, 0) is 50.2 Å². The Labute approximate surface area is 152 Å². The molecule has 1 aromatic heterocycles. The van der Waals surface area contributed by atoms with Crippen molar-refractivity contribution in [2.24, 2.45) is 0 Å². The van der Waals surface area contributed by atoms with Crippen molar-refractivity contribution in [1.29, 1.82) is 0 Å². The van der Waals surface area contributed by atoms with Gasteiger partial charge in [-0.25, -0.2) is 0 Å². The van der Waals surface area contributed by atoms with E-state index in [1.165, 1.54) is 5.56 Å².